The fraction of sp³-hybridized carbons (Fsp3) is 0.391. The molecule has 1 aliphatic heterocycles. The SMILES string of the molecule is CCNC(=O)[C@@]1(Cc2ccccc2-c2ccccc2)CN(C(=O)COC)CCO1. The Morgan fingerprint density at radius 1 is 1.14 bits per heavy atom. The molecule has 154 valence electrons. The number of nitrogens with zero attached hydrogens (tertiary/aromatic N) is 1. The van der Waals surface area contributed by atoms with Crippen LogP contribution in [-0.2, 0) is 25.5 Å². The summed E-state index contributed by atoms with van der Waals surface area (Å²) in [6.45, 7) is 3.32. The number of ether oxygens (including phenoxy) is 2. The van der Waals surface area contributed by atoms with Crippen molar-refractivity contribution in [3.63, 3.8) is 0 Å². The number of methoxy groups -OCH3 is 1. The highest BCUT2D eigenvalue weighted by molar-refractivity contribution is 5.88. The number of hydrogen-bond acceptors (Lipinski definition) is 4. The molecule has 0 spiro atoms. The maximum Gasteiger partial charge on any atom is 0.254 e. The monoisotopic (exact) mass is 396 g/mol. The van der Waals surface area contributed by atoms with E-state index in [9.17, 15) is 9.59 Å². The number of nitrogens with one attached hydrogen (secondary N) is 1. The second-order valence-electron chi connectivity index (χ2n) is 7.15. The Morgan fingerprint density at radius 3 is 2.59 bits per heavy atom. The minimum Gasteiger partial charge on any atom is -0.375 e. The highest BCUT2D eigenvalue weighted by Crippen LogP contribution is 2.30. The maximum absolute atomic E-state index is 13.1. The lowest BCUT2D eigenvalue weighted by atomic mass is 9.87. The van der Waals surface area contributed by atoms with Crippen molar-refractivity contribution in [1.29, 1.82) is 0 Å². The molecular formula is C23H28N2O4. The molecule has 2 aromatic rings. The summed E-state index contributed by atoms with van der Waals surface area (Å²) in [5.41, 5.74) is 2.01. The number of likely N-dealkylation sites (N-methyl/N-ethyl adjacent to an activating group) is 1. The van der Waals surface area contributed by atoms with Crippen LogP contribution >= 0.6 is 0 Å². The van der Waals surface area contributed by atoms with Gasteiger partial charge in [0.15, 0.2) is 5.60 Å². The van der Waals surface area contributed by atoms with Crippen molar-refractivity contribution in [1.82, 2.24) is 10.2 Å². The van der Waals surface area contributed by atoms with Gasteiger partial charge in [0.2, 0.25) is 5.91 Å². The van der Waals surface area contributed by atoms with E-state index in [4.69, 9.17) is 9.47 Å². The van der Waals surface area contributed by atoms with Gasteiger partial charge in [0.25, 0.3) is 5.91 Å². The van der Waals surface area contributed by atoms with Crippen molar-refractivity contribution >= 4 is 11.8 Å². The molecule has 1 N–H and O–H groups in total. The Kier molecular flexibility index (Phi) is 7.01. The predicted molar refractivity (Wildman–Crippen MR) is 111 cm³/mol. The van der Waals surface area contributed by atoms with E-state index in [1.807, 2.05) is 61.5 Å². The van der Waals surface area contributed by atoms with Crippen molar-refractivity contribution in [2.75, 3.05) is 40.0 Å². The number of rotatable bonds is 7. The van der Waals surface area contributed by atoms with Gasteiger partial charge in [-0.05, 0) is 23.6 Å². The van der Waals surface area contributed by atoms with Crippen LogP contribution < -0.4 is 5.32 Å². The fourth-order valence-electron chi connectivity index (χ4n) is 3.74. The third-order valence-electron chi connectivity index (χ3n) is 5.14. The largest absolute Gasteiger partial charge is 0.375 e. The van der Waals surface area contributed by atoms with E-state index in [0.717, 1.165) is 16.7 Å². The number of benzene rings is 2. The first kappa shape index (κ1) is 21.0. The van der Waals surface area contributed by atoms with Crippen molar-refractivity contribution in [2.45, 2.75) is 18.9 Å². The van der Waals surface area contributed by atoms with Gasteiger partial charge >= 0.3 is 0 Å². The molecule has 0 radical (unpaired) electrons. The van der Waals surface area contributed by atoms with Gasteiger partial charge in [-0.25, -0.2) is 0 Å². The van der Waals surface area contributed by atoms with E-state index in [1.54, 1.807) is 4.90 Å². The quantitative estimate of drug-likeness (QED) is 0.780. The minimum absolute atomic E-state index is 0.00786. The number of hydrogen-bond donors (Lipinski definition) is 1. The van der Waals surface area contributed by atoms with E-state index in [-0.39, 0.29) is 25.0 Å². The summed E-state index contributed by atoms with van der Waals surface area (Å²) in [7, 11) is 1.49. The molecule has 0 unspecified atom stereocenters. The average molecular weight is 396 g/mol. The zero-order chi connectivity index (χ0) is 20.7. The summed E-state index contributed by atoms with van der Waals surface area (Å²) in [6.07, 6.45) is 0.376. The summed E-state index contributed by atoms with van der Waals surface area (Å²) >= 11 is 0. The molecule has 1 aliphatic rings. The molecule has 6 heteroatoms. The van der Waals surface area contributed by atoms with E-state index < -0.39 is 5.60 Å². The summed E-state index contributed by atoms with van der Waals surface area (Å²) in [5, 5.41) is 2.89. The van der Waals surface area contributed by atoms with Crippen LogP contribution in [0.3, 0.4) is 0 Å². The van der Waals surface area contributed by atoms with Crippen molar-refractivity contribution in [3.05, 3.63) is 60.2 Å². The molecule has 1 atom stereocenters. The molecule has 2 aromatic carbocycles. The highest BCUT2D eigenvalue weighted by atomic mass is 16.5. The molecule has 29 heavy (non-hydrogen) atoms. The first-order valence-electron chi connectivity index (χ1n) is 9.92. The van der Waals surface area contributed by atoms with Crippen molar-refractivity contribution in [2.24, 2.45) is 0 Å². The molecule has 0 bridgehead atoms. The van der Waals surface area contributed by atoms with Gasteiger partial charge in [0.1, 0.15) is 6.61 Å². The number of carbonyl (C=O) groups excluding carboxylic acids is 2. The maximum atomic E-state index is 13.1. The van der Waals surface area contributed by atoms with Gasteiger partial charge in [0, 0.05) is 26.6 Å². The highest BCUT2D eigenvalue weighted by Gasteiger charge is 2.45. The Balaban J connectivity index is 1.95. The van der Waals surface area contributed by atoms with Crippen LogP contribution in [0.1, 0.15) is 12.5 Å². The van der Waals surface area contributed by atoms with Crippen LogP contribution in [-0.4, -0.2) is 62.3 Å². The van der Waals surface area contributed by atoms with E-state index >= 15 is 0 Å². The molecule has 0 saturated carbocycles. The van der Waals surface area contributed by atoms with Crippen LogP contribution in [0.5, 0.6) is 0 Å². The molecule has 0 aliphatic carbocycles. The van der Waals surface area contributed by atoms with E-state index in [2.05, 4.69) is 5.32 Å². The van der Waals surface area contributed by atoms with Gasteiger partial charge in [-0.1, -0.05) is 54.6 Å². The first-order chi connectivity index (χ1) is 14.1. The zero-order valence-electron chi connectivity index (χ0n) is 17.0. The number of carbonyl (C=O) groups is 2. The smallest absolute Gasteiger partial charge is 0.254 e. The second-order valence-corrected chi connectivity index (χ2v) is 7.15. The standard InChI is InChI=1S/C23H28N2O4/c1-3-24-22(27)23(17-25(13-14-29-23)21(26)16-28-2)15-19-11-7-8-12-20(19)18-9-5-4-6-10-18/h4-12H,3,13-17H2,1-2H3,(H,24,27)/t23-/m1/s1. The van der Waals surface area contributed by atoms with Crippen molar-refractivity contribution in [3.8, 4) is 11.1 Å². The summed E-state index contributed by atoms with van der Waals surface area (Å²) in [6, 6.07) is 18.1. The molecule has 3 rings (SSSR count). The molecule has 1 heterocycles. The van der Waals surface area contributed by atoms with Crippen LogP contribution in [0.25, 0.3) is 11.1 Å². The third-order valence-corrected chi connectivity index (χ3v) is 5.14. The van der Waals surface area contributed by atoms with Crippen molar-refractivity contribution < 1.29 is 19.1 Å². The Labute approximate surface area is 171 Å². The molecule has 6 nitrogen and oxygen atoms in total. The Hall–Kier alpha value is -2.70. The molecule has 1 fully saturated rings. The summed E-state index contributed by atoms with van der Waals surface area (Å²) in [5.74, 6) is -0.335. The molecule has 2 amide bonds. The fourth-order valence-corrected chi connectivity index (χ4v) is 3.74. The van der Waals surface area contributed by atoms with Gasteiger partial charge in [-0.3, -0.25) is 9.59 Å². The lowest BCUT2D eigenvalue weighted by molar-refractivity contribution is -0.167. The van der Waals surface area contributed by atoms with Crippen LogP contribution in [0.15, 0.2) is 54.6 Å². The van der Waals surface area contributed by atoms with Gasteiger partial charge in [0.05, 0.1) is 13.2 Å². The average Bonchev–Trinajstić information content (AvgIpc) is 2.75. The molecule has 1 saturated heterocycles. The van der Waals surface area contributed by atoms with E-state index in [0.29, 0.717) is 26.1 Å². The van der Waals surface area contributed by atoms with E-state index in [1.165, 1.54) is 7.11 Å². The third kappa shape index (κ3) is 4.83. The predicted octanol–water partition coefficient (Wildman–Crippen LogP) is 2.28. The second kappa shape index (κ2) is 9.67. The van der Waals surface area contributed by atoms with Crippen LogP contribution in [0.2, 0.25) is 0 Å². The molecule has 0 aromatic heterocycles. The topological polar surface area (TPSA) is 67.9 Å². The minimum atomic E-state index is -1.14. The van der Waals surface area contributed by atoms with Gasteiger partial charge in [-0.15, -0.1) is 0 Å². The Morgan fingerprint density at radius 2 is 1.86 bits per heavy atom. The first-order valence-corrected chi connectivity index (χ1v) is 9.92. The lowest BCUT2D eigenvalue weighted by Crippen LogP contribution is -2.62. The number of morpholine rings is 1. The van der Waals surface area contributed by atoms with Gasteiger partial charge < -0.3 is 19.7 Å². The van der Waals surface area contributed by atoms with Crippen LogP contribution in [0, 0.1) is 0 Å². The summed E-state index contributed by atoms with van der Waals surface area (Å²) in [4.78, 5) is 27.2. The Bertz CT molecular complexity index is 840. The van der Waals surface area contributed by atoms with Crippen LogP contribution in [0.4, 0.5) is 0 Å². The zero-order valence-corrected chi connectivity index (χ0v) is 17.0. The molecular weight excluding hydrogens is 368 g/mol. The normalized spacial score (nSPS) is 19.0. The van der Waals surface area contributed by atoms with Gasteiger partial charge in [-0.2, -0.15) is 0 Å². The number of amides is 2. The summed E-state index contributed by atoms with van der Waals surface area (Å²) < 4.78 is 11.1. The lowest BCUT2D eigenvalue weighted by Gasteiger charge is -2.42.